The van der Waals surface area contributed by atoms with Crippen molar-refractivity contribution < 1.29 is 14.7 Å². The van der Waals surface area contributed by atoms with Gasteiger partial charge in [-0.3, -0.25) is 9.78 Å². The number of nitrogens with one attached hydrogen (secondary N) is 1. The minimum Gasteiger partial charge on any atom is -0.478 e. The van der Waals surface area contributed by atoms with Crippen LogP contribution in [0.1, 0.15) is 20.8 Å². The van der Waals surface area contributed by atoms with Gasteiger partial charge in [-0.25, -0.2) is 4.79 Å². The van der Waals surface area contributed by atoms with Crippen molar-refractivity contribution in [3.05, 3.63) is 29.6 Å². The molecule has 76 valence electrons. The van der Waals surface area contributed by atoms with Crippen LogP contribution in [0.4, 0.5) is 0 Å². The number of nitrogens with zero attached hydrogens (tertiary/aromatic N) is 1. The Kier molecular flexibility index (Phi) is 3.41. The molecule has 0 aliphatic heterocycles. The van der Waals surface area contributed by atoms with E-state index in [0.29, 0.717) is 0 Å². The molecule has 5 nitrogen and oxygen atoms in total. The third-order valence-corrected chi connectivity index (χ3v) is 1.59. The van der Waals surface area contributed by atoms with Crippen LogP contribution in [0.25, 0.3) is 0 Å². The molecule has 0 fully saturated rings. The molecule has 1 amide bonds. The first-order chi connectivity index (χ1) is 7.15. The van der Waals surface area contributed by atoms with Crippen LogP contribution in [0.3, 0.4) is 0 Å². The monoisotopic (exact) mass is 204 g/mol. The summed E-state index contributed by atoms with van der Waals surface area (Å²) < 4.78 is 0. The molecular weight excluding hydrogens is 196 g/mol. The SMILES string of the molecule is C#CCNC(=O)c1ccc(C(=O)O)cn1. The summed E-state index contributed by atoms with van der Waals surface area (Å²) in [5.74, 6) is 0.733. The molecule has 0 saturated heterocycles. The fourth-order valence-corrected chi connectivity index (χ4v) is 0.877. The second kappa shape index (κ2) is 4.77. The molecule has 0 unspecified atom stereocenters. The molecule has 0 aromatic carbocycles. The van der Waals surface area contributed by atoms with Crippen LogP contribution in [-0.4, -0.2) is 28.5 Å². The van der Waals surface area contributed by atoms with E-state index >= 15 is 0 Å². The molecular formula is C10H8N2O3. The zero-order valence-electron chi connectivity index (χ0n) is 7.73. The first-order valence-corrected chi connectivity index (χ1v) is 4.06. The topological polar surface area (TPSA) is 79.3 Å². The number of hydrogen-bond donors (Lipinski definition) is 2. The number of carbonyl (C=O) groups excluding carboxylic acids is 1. The molecule has 2 N–H and O–H groups in total. The first-order valence-electron chi connectivity index (χ1n) is 4.06. The van der Waals surface area contributed by atoms with Gasteiger partial charge in [-0.2, -0.15) is 0 Å². The van der Waals surface area contributed by atoms with E-state index in [-0.39, 0.29) is 17.8 Å². The molecule has 0 spiro atoms. The number of carboxylic acids is 1. The van der Waals surface area contributed by atoms with E-state index in [9.17, 15) is 9.59 Å². The Balaban J connectivity index is 2.76. The maximum atomic E-state index is 11.3. The van der Waals surface area contributed by atoms with Gasteiger partial charge < -0.3 is 10.4 Å². The highest BCUT2D eigenvalue weighted by Gasteiger charge is 2.07. The van der Waals surface area contributed by atoms with Gasteiger partial charge in [0.05, 0.1) is 12.1 Å². The van der Waals surface area contributed by atoms with Gasteiger partial charge in [0.15, 0.2) is 0 Å². The van der Waals surface area contributed by atoms with E-state index in [1.165, 1.54) is 12.1 Å². The first kappa shape index (κ1) is 10.7. The van der Waals surface area contributed by atoms with Gasteiger partial charge in [0, 0.05) is 6.20 Å². The van der Waals surface area contributed by atoms with Crippen molar-refractivity contribution in [3.63, 3.8) is 0 Å². The summed E-state index contributed by atoms with van der Waals surface area (Å²) in [5.41, 5.74) is 0.166. The van der Waals surface area contributed by atoms with Crippen molar-refractivity contribution >= 4 is 11.9 Å². The lowest BCUT2D eigenvalue weighted by molar-refractivity contribution is 0.0695. The molecule has 5 heteroatoms. The van der Waals surface area contributed by atoms with Gasteiger partial charge in [0.1, 0.15) is 5.69 Å². The lowest BCUT2D eigenvalue weighted by Crippen LogP contribution is -2.24. The molecule has 1 rings (SSSR count). The van der Waals surface area contributed by atoms with Crippen molar-refractivity contribution in [2.45, 2.75) is 0 Å². The molecule has 0 aliphatic carbocycles. The van der Waals surface area contributed by atoms with Gasteiger partial charge in [-0.15, -0.1) is 6.42 Å². The van der Waals surface area contributed by atoms with Gasteiger partial charge in [0.2, 0.25) is 0 Å². The van der Waals surface area contributed by atoms with E-state index in [0.717, 1.165) is 6.20 Å². The number of carboxylic acid groups (broad SMARTS) is 1. The maximum Gasteiger partial charge on any atom is 0.337 e. The zero-order chi connectivity index (χ0) is 11.3. The summed E-state index contributed by atoms with van der Waals surface area (Å²) in [5, 5.41) is 11.0. The number of hydrogen-bond acceptors (Lipinski definition) is 3. The van der Waals surface area contributed by atoms with Crippen LogP contribution in [0.15, 0.2) is 18.3 Å². The van der Waals surface area contributed by atoms with Crippen molar-refractivity contribution in [2.24, 2.45) is 0 Å². The van der Waals surface area contributed by atoms with Gasteiger partial charge in [-0.05, 0) is 12.1 Å². The van der Waals surface area contributed by atoms with Crippen LogP contribution < -0.4 is 5.32 Å². The third-order valence-electron chi connectivity index (χ3n) is 1.59. The molecule has 0 aliphatic rings. The van der Waals surface area contributed by atoms with Crippen molar-refractivity contribution in [2.75, 3.05) is 6.54 Å². The van der Waals surface area contributed by atoms with Crippen LogP contribution in [-0.2, 0) is 0 Å². The molecule has 1 heterocycles. The number of terminal acetylenes is 1. The highest BCUT2D eigenvalue weighted by molar-refractivity contribution is 5.93. The Bertz CT molecular complexity index is 417. The van der Waals surface area contributed by atoms with Gasteiger partial charge in [-0.1, -0.05) is 5.92 Å². The zero-order valence-corrected chi connectivity index (χ0v) is 7.73. The number of carbonyl (C=O) groups is 2. The van der Waals surface area contributed by atoms with Gasteiger partial charge >= 0.3 is 5.97 Å². The number of rotatable bonds is 3. The van der Waals surface area contributed by atoms with E-state index in [1.807, 2.05) is 0 Å². The molecule has 1 aromatic rings. The summed E-state index contributed by atoms with van der Waals surface area (Å²) in [7, 11) is 0. The largest absolute Gasteiger partial charge is 0.478 e. The van der Waals surface area contributed by atoms with E-state index in [4.69, 9.17) is 11.5 Å². The number of aromatic nitrogens is 1. The molecule has 0 saturated carbocycles. The van der Waals surface area contributed by atoms with Crippen LogP contribution in [0, 0.1) is 12.3 Å². The van der Waals surface area contributed by atoms with E-state index in [1.54, 1.807) is 0 Å². The fraction of sp³-hybridized carbons (Fsp3) is 0.100. The normalized spacial score (nSPS) is 9.00. The maximum absolute atomic E-state index is 11.3. The highest BCUT2D eigenvalue weighted by Crippen LogP contribution is 1.99. The number of aromatic carboxylic acids is 1. The summed E-state index contributed by atoms with van der Waals surface area (Å²) in [4.78, 5) is 25.4. The minimum atomic E-state index is -1.09. The smallest absolute Gasteiger partial charge is 0.337 e. The Morgan fingerprint density at radius 1 is 1.53 bits per heavy atom. The second-order valence-electron chi connectivity index (χ2n) is 2.62. The summed E-state index contributed by atoms with van der Waals surface area (Å²) in [6.07, 6.45) is 6.07. The Morgan fingerprint density at radius 2 is 2.27 bits per heavy atom. The molecule has 0 bridgehead atoms. The number of amides is 1. The fourth-order valence-electron chi connectivity index (χ4n) is 0.877. The van der Waals surface area contributed by atoms with Crippen LogP contribution in [0.5, 0.6) is 0 Å². The summed E-state index contributed by atoms with van der Waals surface area (Å²) in [6, 6.07) is 2.63. The van der Waals surface area contributed by atoms with Crippen molar-refractivity contribution in [1.29, 1.82) is 0 Å². The average molecular weight is 204 g/mol. The molecule has 15 heavy (non-hydrogen) atoms. The second-order valence-corrected chi connectivity index (χ2v) is 2.62. The minimum absolute atomic E-state index is 0.0310. The quantitative estimate of drug-likeness (QED) is 0.686. The van der Waals surface area contributed by atoms with E-state index in [2.05, 4.69) is 16.2 Å². The Hall–Kier alpha value is -2.35. The summed E-state index contributed by atoms with van der Waals surface area (Å²) in [6.45, 7) is 0.112. The van der Waals surface area contributed by atoms with Crippen LogP contribution in [0.2, 0.25) is 0 Å². The lowest BCUT2D eigenvalue weighted by Gasteiger charge is -2.00. The predicted molar refractivity (Wildman–Crippen MR) is 52.4 cm³/mol. The standard InChI is InChI=1S/C10H8N2O3/c1-2-5-11-9(13)8-4-3-7(6-12-8)10(14)15/h1,3-4,6H,5H2,(H,11,13)(H,14,15). The van der Waals surface area contributed by atoms with E-state index < -0.39 is 11.9 Å². The average Bonchev–Trinajstić information content (AvgIpc) is 2.26. The van der Waals surface area contributed by atoms with Gasteiger partial charge in [0.25, 0.3) is 5.91 Å². The molecule has 0 radical (unpaired) electrons. The lowest BCUT2D eigenvalue weighted by atomic mass is 10.2. The molecule has 1 aromatic heterocycles. The van der Waals surface area contributed by atoms with Crippen LogP contribution >= 0.6 is 0 Å². The van der Waals surface area contributed by atoms with Crippen molar-refractivity contribution in [1.82, 2.24) is 10.3 Å². The molecule has 0 atom stereocenters. The Morgan fingerprint density at radius 3 is 2.73 bits per heavy atom. The number of pyridine rings is 1. The predicted octanol–water partition coefficient (Wildman–Crippen LogP) is 0.143. The van der Waals surface area contributed by atoms with Crippen molar-refractivity contribution in [3.8, 4) is 12.3 Å². The third kappa shape index (κ3) is 2.81. The summed E-state index contributed by atoms with van der Waals surface area (Å²) >= 11 is 0. The highest BCUT2D eigenvalue weighted by atomic mass is 16.4. The Labute approximate surface area is 86.1 Å².